The monoisotopic (exact) mass is 266 g/mol. The summed E-state index contributed by atoms with van der Waals surface area (Å²) in [6, 6.07) is 7.03. The molecule has 0 radical (unpaired) electrons. The van der Waals surface area contributed by atoms with Crippen molar-refractivity contribution in [1.82, 2.24) is 5.32 Å². The zero-order chi connectivity index (χ0) is 14.3. The summed E-state index contributed by atoms with van der Waals surface area (Å²) in [7, 11) is 1.62. The number of carbonyl (C=O) groups is 1. The van der Waals surface area contributed by atoms with Gasteiger partial charge < -0.3 is 20.5 Å². The molecular weight excluding hydrogens is 244 g/mol. The van der Waals surface area contributed by atoms with Gasteiger partial charge in [0.25, 0.3) is 0 Å². The van der Waals surface area contributed by atoms with Crippen LogP contribution in [0, 0.1) is 5.92 Å². The first-order valence-corrected chi connectivity index (χ1v) is 6.34. The van der Waals surface area contributed by atoms with Gasteiger partial charge in [0.15, 0.2) is 0 Å². The van der Waals surface area contributed by atoms with Gasteiger partial charge in [-0.25, -0.2) is 0 Å². The summed E-state index contributed by atoms with van der Waals surface area (Å²) < 4.78 is 10.6. The third-order valence-electron chi connectivity index (χ3n) is 2.77. The number of methoxy groups -OCH3 is 1. The predicted octanol–water partition coefficient (Wildman–Crippen LogP) is 1.17. The van der Waals surface area contributed by atoms with Crippen molar-refractivity contribution >= 4 is 5.91 Å². The summed E-state index contributed by atoms with van der Waals surface area (Å²) in [5, 5.41) is 3.09. The number of primary amides is 1. The Morgan fingerprint density at radius 1 is 1.26 bits per heavy atom. The van der Waals surface area contributed by atoms with Crippen LogP contribution in [0.3, 0.4) is 0 Å². The van der Waals surface area contributed by atoms with Crippen molar-refractivity contribution in [3.05, 3.63) is 24.3 Å². The quantitative estimate of drug-likeness (QED) is 0.693. The Hall–Kier alpha value is -1.75. The maximum Gasteiger partial charge on any atom is 0.234 e. The highest BCUT2D eigenvalue weighted by Crippen LogP contribution is 2.16. The highest BCUT2D eigenvalue weighted by Gasteiger charge is 2.17. The summed E-state index contributed by atoms with van der Waals surface area (Å²) >= 11 is 0. The van der Waals surface area contributed by atoms with Crippen LogP contribution in [0.25, 0.3) is 0 Å². The molecule has 0 saturated carbocycles. The van der Waals surface area contributed by atoms with Gasteiger partial charge in [0.2, 0.25) is 5.91 Å². The Morgan fingerprint density at radius 3 is 2.32 bits per heavy atom. The molecule has 5 nitrogen and oxygen atoms in total. The lowest BCUT2D eigenvalue weighted by Crippen LogP contribution is -2.46. The molecule has 0 heterocycles. The molecule has 1 rings (SSSR count). The molecule has 106 valence electrons. The van der Waals surface area contributed by atoms with Gasteiger partial charge in [-0.2, -0.15) is 0 Å². The average Bonchev–Trinajstić information content (AvgIpc) is 2.38. The van der Waals surface area contributed by atoms with E-state index < -0.39 is 0 Å². The van der Waals surface area contributed by atoms with Gasteiger partial charge >= 0.3 is 0 Å². The summed E-state index contributed by atoms with van der Waals surface area (Å²) in [4.78, 5) is 11.2. The third kappa shape index (κ3) is 5.18. The van der Waals surface area contributed by atoms with E-state index in [1.807, 2.05) is 38.1 Å². The molecule has 5 heteroatoms. The van der Waals surface area contributed by atoms with Crippen LogP contribution in [0.4, 0.5) is 0 Å². The molecule has 1 unspecified atom stereocenters. The average molecular weight is 266 g/mol. The van der Waals surface area contributed by atoms with Crippen LogP contribution in [0.5, 0.6) is 11.5 Å². The lowest BCUT2D eigenvalue weighted by Gasteiger charge is -2.19. The van der Waals surface area contributed by atoms with E-state index in [4.69, 9.17) is 15.2 Å². The van der Waals surface area contributed by atoms with Crippen molar-refractivity contribution in [3.8, 4) is 11.5 Å². The molecule has 0 aliphatic carbocycles. The molecule has 0 fully saturated rings. The number of nitrogens with two attached hydrogens (primary N) is 1. The van der Waals surface area contributed by atoms with Crippen molar-refractivity contribution < 1.29 is 14.3 Å². The van der Waals surface area contributed by atoms with Crippen LogP contribution < -0.4 is 20.5 Å². The van der Waals surface area contributed by atoms with Crippen molar-refractivity contribution in [2.75, 3.05) is 20.3 Å². The fourth-order valence-corrected chi connectivity index (χ4v) is 1.72. The first-order chi connectivity index (χ1) is 9.04. The minimum atomic E-state index is -0.334. The fourth-order valence-electron chi connectivity index (χ4n) is 1.72. The molecule has 19 heavy (non-hydrogen) atoms. The second-order valence-corrected chi connectivity index (χ2v) is 4.60. The van der Waals surface area contributed by atoms with E-state index >= 15 is 0 Å². The molecule has 0 bridgehead atoms. The summed E-state index contributed by atoms with van der Waals surface area (Å²) in [5.74, 6) is 1.39. The molecule has 0 aromatic heterocycles. The van der Waals surface area contributed by atoms with Crippen molar-refractivity contribution in [1.29, 1.82) is 0 Å². The molecule has 0 aliphatic heterocycles. The smallest absolute Gasteiger partial charge is 0.234 e. The maximum atomic E-state index is 11.2. The number of rotatable bonds is 8. The van der Waals surface area contributed by atoms with Gasteiger partial charge in [0, 0.05) is 6.54 Å². The van der Waals surface area contributed by atoms with Gasteiger partial charge in [-0.15, -0.1) is 0 Å². The van der Waals surface area contributed by atoms with Crippen LogP contribution in [-0.2, 0) is 4.79 Å². The zero-order valence-corrected chi connectivity index (χ0v) is 11.7. The van der Waals surface area contributed by atoms with E-state index in [0.29, 0.717) is 13.2 Å². The molecule has 3 N–H and O–H groups in total. The number of hydrogen-bond donors (Lipinski definition) is 2. The Labute approximate surface area is 114 Å². The zero-order valence-electron chi connectivity index (χ0n) is 11.7. The van der Waals surface area contributed by atoms with E-state index in [0.717, 1.165) is 11.5 Å². The Bertz CT molecular complexity index is 390. The Kier molecular flexibility index (Phi) is 6.15. The minimum absolute atomic E-state index is 0.165. The highest BCUT2D eigenvalue weighted by atomic mass is 16.5. The van der Waals surface area contributed by atoms with E-state index in [-0.39, 0.29) is 17.9 Å². The topological polar surface area (TPSA) is 73.6 Å². The first-order valence-electron chi connectivity index (χ1n) is 6.34. The van der Waals surface area contributed by atoms with E-state index in [9.17, 15) is 4.79 Å². The molecular formula is C14H22N2O3. The number of hydrogen-bond acceptors (Lipinski definition) is 4. The van der Waals surface area contributed by atoms with Crippen molar-refractivity contribution in [2.45, 2.75) is 19.9 Å². The Morgan fingerprint density at radius 2 is 1.84 bits per heavy atom. The molecule has 1 aromatic rings. The van der Waals surface area contributed by atoms with E-state index in [2.05, 4.69) is 5.32 Å². The lowest BCUT2D eigenvalue weighted by atomic mass is 10.0. The van der Waals surface area contributed by atoms with E-state index in [1.54, 1.807) is 7.11 Å². The molecule has 1 atom stereocenters. The summed E-state index contributed by atoms with van der Waals surface area (Å²) in [6.45, 7) is 4.94. The van der Waals surface area contributed by atoms with Gasteiger partial charge in [-0.1, -0.05) is 13.8 Å². The van der Waals surface area contributed by atoms with Gasteiger partial charge in [0.1, 0.15) is 18.1 Å². The van der Waals surface area contributed by atoms with Crippen LogP contribution in [-0.4, -0.2) is 32.2 Å². The van der Waals surface area contributed by atoms with Gasteiger partial charge in [-0.3, -0.25) is 4.79 Å². The van der Waals surface area contributed by atoms with Crippen molar-refractivity contribution in [2.24, 2.45) is 11.7 Å². The standard InChI is InChI=1S/C14H22N2O3/c1-10(2)13(14(15)17)16-8-9-19-12-6-4-11(18-3)5-7-12/h4-7,10,13,16H,8-9H2,1-3H3,(H2,15,17). The highest BCUT2D eigenvalue weighted by molar-refractivity contribution is 5.80. The third-order valence-corrected chi connectivity index (χ3v) is 2.77. The van der Waals surface area contributed by atoms with Gasteiger partial charge in [0.05, 0.1) is 13.2 Å². The van der Waals surface area contributed by atoms with Crippen LogP contribution >= 0.6 is 0 Å². The lowest BCUT2D eigenvalue weighted by molar-refractivity contribution is -0.121. The summed E-state index contributed by atoms with van der Waals surface area (Å²) in [6.07, 6.45) is 0. The SMILES string of the molecule is COc1ccc(OCCNC(C(N)=O)C(C)C)cc1. The van der Waals surface area contributed by atoms with Gasteiger partial charge in [-0.05, 0) is 30.2 Å². The number of ether oxygens (including phenoxy) is 2. The Balaban J connectivity index is 2.31. The molecule has 0 spiro atoms. The molecule has 0 saturated heterocycles. The fraction of sp³-hybridized carbons (Fsp3) is 0.500. The minimum Gasteiger partial charge on any atom is -0.497 e. The maximum absolute atomic E-state index is 11.2. The van der Waals surface area contributed by atoms with Crippen LogP contribution in [0.1, 0.15) is 13.8 Å². The number of amides is 1. The molecule has 0 aliphatic rings. The largest absolute Gasteiger partial charge is 0.497 e. The number of benzene rings is 1. The normalized spacial score (nSPS) is 12.2. The van der Waals surface area contributed by atoms with Crippen LogP contribution in [0.15, 0.2) is 24.3 Å². The number of nitrogens with one attached hydrogen (secondary N) is 1. The molecule has 1 amide bonds. The van der Waals surface area contributed by atoms with Crippen LogP contribution in [0.2, 0.25) is 0 Å². The number of carbonyl (C=O) groups excluding carboxylic acids is 1. The molecule has 1 aromatic carbocycles. The predicted molar refractivity (Wildman–Crippen MR) is 74.3 cm³/mol. The first kappa shape index (κ1) is 15.3. The van der Waals surface area contributed by atoms with E-state index in [1.165, 1.54) is 0 Å². The second-order valence-electron chi connectivity index (χ2n) is 4.60. The second kappa shape index (κ2) is 7.63. The summed E-state index contributed by atoms with van der Waals surface area (Å²) in [5.41, 5.74) is 5.31. The van der Waals surface area contributed by atoms with Crippen molar-refractivity contribution in [3.63, 3.8) is 0 Å².